The Hall–Kier alpha value is -3.12. The third-order valence-corrected chi connectivity index (χ3v) is 4.95. The standard InChI is InChI=1S/C20H13NO4S/c1-11-14-9-12(10-16-19(23)21-20(24)26-16)7-8-15(14)25-18(11)17(22)13-5-3-2-4-6-13/h2-10H,1H3,(H,21,23,24). The van der Waals surface area contributed by atoms with Crippen LogP contribution in [0.25, 0.3) is 17.0 Å². The molecule has 0 bridgehead atoms. The van der Waals surface area contributed by atoms with Crippen LogP contribution in [0.2, 0.25) is 0 Å². The lowest BCUT2D eigenvalue weighted by molar-refractivity contribution is -0.115. The van der Waals surface area contributed by atoms with Crippen molar-refractivity contribution < 1.29 is 18.8 Å². The first-order chi connectivity index (χ1) is 12.5. The molecule has 2 aromatic carbocycles. The number of rotatable bonds is 3. The molecule has 1 aliphatic rings. The van der Waals surface area contributed by atoms with E-state index in [4.69, 9.17) is 4.42 Å². The Kier molecular flexibility index (Phi) is 3.97. The number of furan rings is 1. The fourth-order valence-electron chi connectivity index (χ4n) is 2.84. The minimum absolute atomic E-state index is 0.171. The van der Waals surface area contributed by atoms with Crippen LogP contribution in [0.1, 0.15) is 27.2 Å². The fraction of sp³-hybridized carbons (Fsp3) is 0.0500. The van der Waals surface area contributed by atoms with Crippen LogP contribution in [0.3, 0.4) is 0 Å². The summed E-state index contributed by atoms with van der Waals surface area (Å²) in [5.41, 5.74) is 2.67. The van der Waals surface area contributed by atoms with Crippen LogP contribution in [-0.4, -0.2) is 16.9 Å². The van der Waals surface area contributed by atoms with Crippen LogP contribution in [0.5, 0.6) is 0 Å². The fourth-order valence-corrected chi connectivity index (χ4v) is 3.52. The molecule has 1 aromatic heterocycles. The topological polar surface area (TPSA) is 76.4 Å². The van der Waals surface area contributed by atoms with Gasteiger partial charge in [-0.2, -0.15) is 0 Å². The minimum atomic E-state index is -0.399. The SMILES string of the molecule is Cc1c(C(=O)c2ccccc2)oc2ccc(C=C3SC(=O)NC3=O)cc12. The van der Waals surface area contributed by atoms with Gasteiger partial charge in [-0.3, -0.25) is 19.7 Å². The normalized spacial score (nSPS) is 15.7. The number of fused-ring (bicyclic) bond motifs is 1. The van der Waals surface area contributed by atoms with E-state index in [1.165, 1.54) is 0 Å². The van der Waals surface area contributed by atoms with Crippen molar-refractivity contribution in [2.24, 2.45) is 0 Å². The molecule has 0 atom stereocenters. The van der Waals surface area contributed by atoms with Crippen LogP contribution in [0.15, 0.2) is 57.9 Å². The molecule has 26 heavy (non-hydrogen) atoms. The molecular formula is C20H13NO4S. The third-order valence-electron chi connectivity index (χ3n) is 4.14. The molecule has 5 nitrogen and oxygen atoms in total. The monoisotopic (exact) mass is 363 g/mol. The summed E-state index contributed by atoms with van der Waals surface area (Å²) < 4.78 is 5.77. The Bertz CT molecular complexity index is 1100. The molecule has 1 N–H and O–H groups in total. The maximum absolute atomic E-state index is 12.7. The maximum Gasteiger partial charge on any atom is 0.290 e. The zero-order chi connectivity index (χ0) is 18.3. The number of thioether (sulfide) groups is 1. The highest BCUT2D eigenvalue weighted by atomic mass is 32.2. The summed E-state index contributed by atoms with van der Waals surface area (Å²) in [5, 5.41) is 2.65. The van der Waals surface area contributed by atoms with Crippen molar-refractivity contribution in [2.75, 3.05) is 0 Å². The molecule has 1 fully saturated rings. The summed E-state index contributed by atoms with van der Waals surface area (Å²) in [6.07, 6.45) is 1.65. The van der Waals surface area contributed by atoms with E-state index in [9.17, 15) is 14.4 Å². The summed E-state index contributed by atoms with van der Waals surface area (Å²) in [7, 11) is 0. The molecule has 0 spiro atoms. The molecule has 4 rings (SSSR count). The lowest BCUT2D eigenvalue weighted by Gasteiger charge is -1.98. The number of aryl methyl sites for hydroxylation is 1. The molecule has 0 aliphatic carbocycles. The van der Waals surface area contributed by atoms with Crippen molar-refractivity contribution in [1.29, 1.82) is 0 Å². The van der Waals surface area contributed by atoms with Gasteiger partial charge < -0.3 is 4.42 Å². The number of amides is 2. The first kappa shape index (κ1) is 16.4. The van der Waals surface area contributed by atoms with Crippen molar-refractivity contribution in [3.63, 3.8) is 0 Å². The Morgan fingerprint density at radius 1 is 1.12 bits per heavy atom. The molecule has 0 unspecified atom stereocenters. The average molecular weight is 363 g/mol. The number of nitrogens with one attached hydrogen (secondary N) is 1. The van der Waals surface area contributed by atoms with Gasteiger partial charge >= 0.3 is 0 Å². The van der Waals surface area contributed by atoms with Crippen LogP contribution in [0.4, 0.5) is 4.79 Å². The zero-order valence-electron chi connectivity index (χ0n) is 13.7. The molecule has 0 radical (unpaired) electrons. The number of hydrogen-bond donors (Lipinski definition) is 1. The Balaban J connectivity index is 1.75. The second-order valence-corrected chi connectivity index (χ2v) is 6.87. The Morgan fingerprint density at radius 2 is 1.88 bits per heavy atom. The van der Waals surface area contributed by atoms with Crippen LogP contribution in [-0.2, 0) is 4.79 Å². The Labute approximate surface area is 153 Å². The molecule has 128 valence electrons. The lowest BCUT2D eigenvalue weighted by Crippen LogP contribution is -2.17. The quantitative estimate of drug-likeness (QED) is 0.555. The van der Waals surface area contributed by atoms with Crippen molar-refractivity contribution in [2.45, 2.75) is 6.92 Å². The second kappa shape index (κ2) is 6.31. The molecule has 2 amide bonds. The zero-order valence-corrected chi connectivity index (χ0v) is 14.6. The molecular weight excluding hydrogens is 350 g/mol. The summed E-state index contributed by atoms with van der Waals surface area (Å²) >= 11 is 0.869. The highest BCUT2D eigenvalue weighted by Crippen LogP contribution is 2.30. The summed E-state index contributed by atoms with van der Waals surface area (Å²) in [4.78, 5) is 36.0. The van der Waals surface area contributed by atoms with Crippen molar-refractivity contribution in [1.82, 2.24) is 5.32 Å². The van der Waals surface area contributed by atoms with Gasteiger partial charge in [0.1, 0.15) is 5.58 Å². The van der Waals surface area contributed by atoms with Gasteiger partial charge in [0.25, 0.3) is 11.1 Å². The third kappa shape index (κ3) is 2.84. The Morgan fingerprint density at radius 3 is 2.58 bits per heavy atom. The van der Waals surface area contributed by atoms with Gasteiger partial charge in [-0.1, -0.05) is 36.4 Å². The van der Waals surface area contributed by atoms with Gasteiger partial charge in [0, 0.05) is 16.5 Å². The highest BCUT2D eigenvalue weighted by Gasteiger charge is 2.25. The number of imide groups is 1. The van der Waals surface area contributed by atoms with Gasteiger partial charge in [-0.25, -0.2) is 0 Å². The van der Waals surface area contributed by atoms with Crippen LogP contribution >= 0.6 is 11.8 Å². The van der Waals surface area contributed by atoms with Crippen molar-refractivity contribution in [3.05, 3.63) is 75.9 Å². The summed E-state index contributed by atoms with van der Waals surface area (Å²) in [6.45, 7) is 1.83. The maximum atomic E-state index is 12.7. The van der Waals surface area contributed by atoms with E-state index < -0.39 is 5.91 Å². The second-order valence-electron chi connectivity index (χ2n) is 5.86. The van der Waals surface area contributed by atoms with Gasteiger partial charge in [0.2, 0.25) is 5.78 Å². The predicted octanol–water partition coefficient (Wildman–Crippen LogP) is 4.30. The molecule has 2 heterocycles. The molecule has 6 heteroatoms. The minimum Gasteiger partial charge on any atom is -0.452 e. The first-order valence-corrected chi connectivity index (χ1v) is 8.72. The molecule has 1 aliphatic heterocycles. The van der Waals surface area contributed by atoms with Gasteiger partial charge in [-0.05, 0) is 42.5 Å². The smallest absolute Gasteiger partial charge is 0.290 e. The molecule has 1 saturated heterocycles. The average Bonchev–Trinajstić information content (AvgIpc) is 3.14. The summed E-state index contributed by atoms with van der Waals surface area (Å²) in [6, 6.07) is 14.4. The van der Waals surface area contributed by atoms with Gasteiger partial charge in [0.05, 0.1) is 4.91 Å². The van der Waals surface area contributed by atoms with Crippen LogP contribution in [0, 0.1) is 6.92 Å². The number of benzene rings is 2. The highest BCUT2D eigenvalue weighted by molar-refractivity contribution is 8.18. The molecule has 0 saturated carbocycles. The van der Waals surface area contributed by atoms with Gasteiger partial charge in [0.15, 0.2) is 5.76 Å². The van der Waals surface area contributed by atoms with E-state index in [2.05, 4.69) is 5.32 Å². The van der Waals surface area contributed by atoms with E-state index in [-0.39, 0.29) is 11.0 Å². The summed E-state index contributed by atoms with van der Waals surface area (Å²) in [5.74, 6) is -0.265. The number of carbonyl (C=O) groups is 3. The predicted molar refractivity (Wildman–Crippen MR) is 99.9 cm³/mol. The lowest BCUT2D eigenvalue weighted by atomic mass is 10.0. The van der Waals surface area contributed by atoms with Gasteiger partial charge in [-0.15, -0.1) is 0 Å². The van der Waals surface area contributed by atoms with E-state index in [1.54, 1.807) is 42.5 Å². The first-order valence-electron chi connectivity index (χ1n) is 7.90. The van der Waals surface area contributed by atoms with E-state index in [1.807, 2.05) is 19.1 Å². The van der Waals surface area contributed by atoms with Crippen LogP contribution < -0.4 is 5.32 Å². The number of hydrogen-bond acceptors (Lipinski definition) is 5. The number of ketones is 1. The largest absolute Gasteiger partial charge is 0.452 e. The molecule has 3 aromatic rings. The van der Waals surface area contributed by atoms with Crippen molar-refractivity contribution >= 4 is 45.7 Å². The number of carbonyl (C=O) groups excluding carboxylic acids is 3. The van der Waals surface area contributed by atoms with E-state index >= 15 is 0 Å². The van der Waals surface area contributed by atoms with E-state index in [0.717, 1.165) is 28.3 Å². The van der Waals surface area contributed by atoms with Crippen molar-refractivity contribution in [3.8, 4) is 0 Å². The van der Waals surface area contributed by atoms with E-state index in [0.29, 0.717) is 21.8 Å².